The smallest absolute Gasteiger partial charge is 0.112 e. The summed E-state index contributed by atoms with van der Waals surface area (Å²) < 4.78 is 0.950. The number of hydrogen-bond donors (Lipinski definition) is 1. The van der Waals surface area contributed by atoms with Crippen molar-refractivity contribution in [3.63, 3.8) is 0 Å². The van der Waals surface area contributed by atoms with Gasteiger partial charge in [0.1, 0.15) is 5.52 Å². The molecule has 2 aromatic heterocycles. The quantitative estimate of drug-likeness (QED) is 0.590. The molecule has 19 heavy (non-hydrogen) atoms. The molecule has 3 nitrogen and oxygen atoms in total. The third-order valence-corrected chi connectivity index (χ3v) is 3.62. The molecule has 5 heteroatoms. The second-order valence-electron chi connectivity index (χ2n) is 4.41. The zero-order valence-electron chi connectivity index (χ0n) is 10.7. The van der Waals surface area contributed by atoms with Crippen LogP contribution in [0.25, 0.3) is 11.0 Å². The Balaban J connectivity index is 1.93. The van der Waals surface area contributed by atoms with E-state index in [1.165, 1.54) is 12.8 Å². The molecule has 2 rings (SSSR count). The van der Waals surface area contributed by atoms with E-state index in [9.17, 15) is 0 Å². The Labute approximate surface area is 126 Å². The minimum atomic E-state index is 0.765. The van der Waals surface area contributed by atoms with Crippen LogP contribution in [0, 0.1) is 0 Å². The van der Waals surface area contributed by atoms with Crippen LogP contribution in [0.5, 0.6) is 0 Å². The first-order valence-corrected chi connectivity index (χ1v) is 7.84. The number of nitrogens with one attached hydrogen (secondary N) is 1. The van der Waals surface area contributed by atoms with Crippen LogP contribution < -0.4 is 5.32 Å². The fraction of sp³-hybridized carbons (Fsp3) is 0.429. The molecule has 0 unspecified atom stereocenters. The fourth-order valence-electron chi connectivity index (χ4n) is 1.94. The molecule has 0 spiro atoms. The summed E-state index contributed by atoms with van der Waals surface area (Å²) in [6.07, 6.45) is 8.28. The lowest BCUT2D eigenvalue weighted by Crippen LogP contribution is -2.03. The SMILES string of the molecule is ClCCCCCCNc1ccnc2cc(Br)cnc12. The highest BCUT2D eigenvalue weighted by Gasteiger charge is 2.03. The van der Waals surface area contributed by atoms with Gasteiger partial charge in [-0.1, -0.05) is 12.8 Å². The second-order valence-corrected chi connectivity index (χ2v) is 5.70. The van der Waals surface area contributed by atoms with E-state index < -0.39 is 0 Å². The van der Waals surface area contributed by atoms with Crippen LogP contribution in [0.15, 0.2) is 29.0 Å². The Kier molecular flexibility index (Phi) is 5.86. The summed E-state index contributed by atoms with van der Waals surface area (Å²) in [5.41, 5.74) is 2.88. The molecule has 0 atom stereocenters. The number of fused-ring (bicyclic) bond motifs is 1. The van der Waals surface area contributed by atoms with Crippen LogP contribution in [-0.2, 0) is 0 Å². The van der Waals surface area contributed by atoms with Crippen molar-refractivity contribution in [2.75, 3.05) is 17.7 Å². The van der Waals surface area contributed by atoms with E-state index in [0.717, 1.165) is 46.5 Å². The summed E-state index contributed by atoms with van der Waals surface area (Å²) in [5, 5.41) is 3.43. The Hall–Kier alpha value is -0.870. The highest BCUT2D eigenvalue weighted by Crippen LogP contribution is 2.21. The molecule has 0 saturated carbocycles. The largest absolute Gasteiger partial charge is 0.383 e. The second kappa shape index (κ2) is 7.65. The maximum atomic E-state index is 5.65. The lowest BCUT2D eigenvalue weighted by molar-refractivity contribution is 0.687. The molecule has 0 amide bonds. The standard InChI is InChI=1S/C14H17BrClN3/c15-11-9-13-14(19-10-11)12(5-8-18-13)17-7-4-2-1-3-6-16/h5,8-10H,1-4,6-7H2,(H,17,18). The molecule has 2 heterocycles. The van der Waals surface area contributed by atoms with Gasteiger partial charge in [0.05, 0.1) is 11.2 Å². The number of alkyl halides is 1. The van der Waals surface area contributed by atoms with E-state index in [1.807, 2.05) is 18.3 Å². The normalized spacial score (nSPS) is 10.8. The molecule has 102 valence electrons. The van der Waals surface area contributed by atoms with Crippen LogP contribution in [0.1, 0.15) is 25.7 Å². The third-order valence-electron chi connectivity index (χ3n) is 2.92. The number of anilines is 1. The summed E-state index contributed by atoms with van der Waals surface area (Å²) in [7, 11) is 0. The highest BCUT2D eigenvalue weighted by molar-refractivity contribution is 9.10. The molecular weight excluding hydrogens is 326 g/mol. The number of pyridine rings is 2. The van der Waals surface area contributed by atoms with E-state index in [4.69, 9.17) is 11.6 Å². The van der Waals surface area contributed by atoms with Crippen molar-refractivity contribution in [3.8, 4) is 0 Å². The number of rotatable bonds is 7. The van der Waals surface area contributed by atoms with Gasteiger partial charge < -0.3 is 5.32 Å². The molecule has 1 N–H and O–H groups in total. The number of halogens is 2. The molecule has 0 saturated heterocycles. The Morgan fingerprint density at radius 3 is 2.84 bits per heavy atom. The monoisotopic (exact) mass is 341 g/mol. The predicted molar refractivity (Wildman–Crippen MR) is 84.9 cm³/mol. The van der Waals surface area contributed by atoms with E-state index >= 15 is 0 Å². The minimum Gasteiger partial charge on any atom is -0.383 e. The maximum Gasteiger partial charge on any atom is 0.112 e. The predicted octanol–water partition coefficient (Wildman–Crippen LogP) is 4.60. The highest BCUT2D eigenvalue weighted by atomic mass is 79.9. The van der Waals surface area contributed by atoms with E-state index in [0.29, 0.717) is 0 Å². The van der Waals surface area contributed by atoms with Crippen molar-refractivity contribution >= 4 is 44.3 Å². The molecule has 0 radical (unpaired) electrons. The molecule has 0 aliphatic heterocycles. The van der Waals surface area contributed by atoms with Crippen molar-refractivity contribution in [3.05, 3.63) is 29.0 Å². The lowest BCUT2D eigenvalue weighted by Gasteiger charge is -2.08. The van der Waals surface area contributed by atoms with Crippen LogP contribution in [0.3, 0.4) is 0 Å². The molecule has 2 aromatic rings. The van der Waals surface area contributed by atoms with Crippen LogP contribution >= 0.6 is 27.5 Å². The molecule has 0 fully saturated rings. The average Bonchev–Trinajstić information content (AvgIpc) is 2.42. The van der Waals surface area contributed by atoms with Gasteiger partial charge in [-0.05, 0) is 40.9 Å². The van der Waals surface area contributed by atoms with Gasteiger partial charge in [-0.3, -0.25) is 9.97 Å². The van der Waals surface area contributed by atoms with Gasteiger partial charge in [-0.25, -0.2) is 0 Å². The van der Waals surface area contributed by atoms with Crippen LogP contribution in [0.4, 0.5) is 5.69 Å². The van der Waals surface area contributed by atoms with Gasteiger partial charge in [-0.15, -0.1) is 11.6 Å². The molecule has 0 aliphatic rings. The average molecular weight is 343 g/mol. The summed E-state index contributed by atoms with van der Waals surface area (Å²) in [6, 6.07) is 3.95. The molecular formula is C14H17BrClN3. The fourth-order valence-corrected chi connectivity index (χ4v) is 2.45. The Morgan fingerprint density at radius 2 is 2.00 bits per heavy atom. The van der Waals surface area contributed by atoms with Gasteiger partial charge in [0.2, 0.25) is 0 Å². The zero-order chi connectivity index (χ0) is 13.5. The molecule has 0 aliphatic carbocycles. The van der Waals surface area contributed by atoms with Gasteiger partial charge in [0, 0.05) is 29.3 Å². The molecule has 0 aromatic carbocycles. The van der Waals surface area contributed by atoms with Crippen molar-refractivity contribution in [2.45, 2.75) is 25.7 Å². The first-order valence-electron chi connectivity index (χ1n) is 6.51. The Bertz CT molecular complexity index is 533. The summed E-state index contributed by atoms with van der Waals surface area (Å²) in [5.74, 6) is 0.765. The number of hydrogen-bond acceptors (Lipinski definition) is 3. The van der Waals surface area contributed by atoms with Crippen LogP contribution in [0.2, 0.25) is 0 Å². The lowest BCUT2D eigenvalue weighted by atomic mass is 10.2. The summed E-state index contributed by atoms with van der Waals surface area (Å²) in [4.78, 5) is 8.74. The maximum absolute atomic E-state index is 5.65. The van der Waals surface area contributed by atoms with E-state index in [2.05, 4.69) is 31.2 Å². The zero-order valence-corrected chi connectivity index (χ0v) is 13.0. The first kappa shape index (κ1) is 14.5. The van der Waals surface area contributed by atoms with Crippen molar-refractivity contribution in [1.82, 2.24) is 9.97 Å². The van der Waals surface area contributed by atoms with Crippen molar-refractivity contribution < 1.29 is 0 Å². The van der Waals surface area contributed by atoms with Gasteiger partial charge >= 0.3 is 0 Å². The number of aromatic nitrogens is 2. The van der Waals surface area contributed by atoms with Crippen molar-refractivity contribution in [1.29, 1.82) is 0 Å². The van der Waals surface area contributed by atoms with E-state index in [1.54, 1.807) is 6.20 Å². The van der Waals surface area contributed by atoms with Crippen molar-refractivity contribution in [2.24, 2.45) is 0 Å². The first-order chi connectivity index (χ1) is 9.31. The molecule has 0 bridgehead atoms. The van der Waals surface area contributed by atoms with Crippen LogP contribution in [-0.4, -0.2) is 22.4 Å². The van der Waals surface area contributed by atoms with E-state index in [-0.39, 0.29) is 0 Å². The van der Waals surface area contributed by atoms with Gasteiger partial charge in [-0.2, -0.15) is 0 Å². The third kappa shape index (κ3) is 4.32. The topological polar surface area (TPSA) is 37.8 Å². The number of unbranched alkanes of at least 4 members (excludes halogenated alkanes) is 3. The van der Waals surface area contributed by atoms with Gasteiger partial charge in [0.25, 0.3) is 0 Å². The number of nitrogens with zero attached hydrogens (tertiary/aromatic N) is 2. The Morgan fingerprint density at radius 1 is 1.16 bits per heavy atom. The van der Waals surface area contributed by atoms with Gasteiger partial charge in [0.15, 0.2) is 0 Å². The summed E-state index contributed by atoms with van der Waals surface area (Å²) >= 11 is 9.06. The summed E-state index contributed by atoms with van der Waals surface area (Å²) in [6.45, 7) is 0.957. The minimum absolute atomic E-state index is 0.765.